The second-order valence-corrected chi connectivity index (χ2v) is 11.2. The summed E-state index contributed by atoms with van der Waals surface area (Å²) >= 11 is 0. The maximum atomic E-state index is 13.1. The smallest absolute Gasteiger partial charge is 0.477 e. The minimum absolute atomic E-state index is 0.0185. The number of hydrogen-bond acceptors (Lipinski definition) is 8. The fourth-order valence-electron chi connectivity index (χ4n) is 6.72. The third kappa shape index (κ3) is 4.47. The first-order valence-corrected chi connectivity index (χ1v) is 13.5. The summed E-state index contributed by atoms with van der Waals surface area (Å²) in [4.78, 5) is 22.7. The van der Waals surface area contributed by atoms with Gasteiger partial charge in [-0.3, -0.25) is 0 Å². The number of piperidine rings is 1. The van der Waals surface area contributed by atoms with Gasteiger partial charge in [0.25, 0.3) is 0 Å². The van der Waals surface area contributed by atoms with Crippen molar-refractivity contribution in [2.24, 2.45) is 11.8 Å². The van der Waals surface area contributed by atoms with E-state index in [1.54, 1.807) is 19.1 Å². The van der Waals surface area contributed by atoms with Crippen LogP contribution in [-0.2, 0) is 11.3 Å². The molecule has 2 aliphatic heterocycles. The van der Waals surface area contributed by atoms with E-state index in [0.29, 0.717) is 34.6 Å². The molecule has 1 N–H and O–H groups in total. The number of ether oxygens (including phenoxy) is 2. The number of aromatic carboxylic acids is 1. The average Bonchev–Trinajstić information content (AvgIpc) is 3.79. The zero-order valence-corrected chi connectivity index (χ0v) is 21.6. The predicted octanol–water partition coefficient (Wildman–Crippen LogP) is 5.49. The van der Waals surface area contributed by atoms with Crippen LogP contribution in [0, 0.1) is 18.8 Å². The van der Waals surface area contributed by atoms with Crippen LogP contribution in [0.2, 0.25) is 0 Å². The van der Waals surface area contributed by atoms with Crippen molar-refractivity contribution in [2.75, 3.05) is 4.90 Å². The van der Waals surface area contributed by atoms with E-state index in [9.17, 15) is 23.1 Å². The van der Waals surface area contributed by atoms with Crippen LogP contribution >= 0.6 is 0 Å². The van der Waals surface area contributed by atoms with E-state index < -0.39 is 12.3 Å². The molecule has 1 aromatic carbocycles. The van der Waals surface area contributed by atoms with Gasteiger partial charge >= 0.3 is 12.3 Å². The number of rotatable bonds is 8. The van der Waals surface area contributed by atoms with Crippen molar-refractivity contribution in [3.05, 3.63) is 53.0 Å². The Morgan fingerprint density at radius 3 is 2.73 bits per heavy atom. The molecule has 2 aromatic heterocycles. The highest BCUT2D eigenvalue weighted by Gasteiger charge is 2.64. The average molecular weight is 557 g/mol. The lowest BCUT2D eigenvalue weighted by atomic mass is 10.0. The van der Waals surface area contributed by atoms with E-state index in [1.165, 1.54) is 18.2 Å². The molecule has 2 saturated carbocycles. The molecule has 3 aromatic rings. The number of nitrogens with zero attached hydrogens (tertiary/aromatic N) is 4. The lowest BCUT2D eigenvalue weighted by Gasteiger charge is -2.34. The standard InChI is InChI=1S/C28H27F3N4O5/c1-13-10-19(26(36)37)33-27(32-13)35-15-8-9-20(35)22-17(11-15)25(22)38-12-18-23(34-40-24(18)14-6-7-14)16-4-2-3-5-21(16)39-28(29,30)31/h2-5,10,14-15,17,20,22,25H,6-9,11-12H2,1H3,(H,36,37). The third-order valence-electron chi connectivity index (χ3n) is 8.54. The van der Waals surface area contributed by atoms with Crippen molar-refractivity contribution in [3.8, 4) is 17.0 Å². The van der Waals surface area contributed by atoms with E-state index in [-0.39, 0.29) is 53.6 Å². The van der Waals surface area contributed by atoms with Gasteiger partial charge in [0.1, 0.15) is 17.2 Å². The SMILES string of the molecule is Cc1cc(C(=O)O)nc(N2C3CCC2C2C(C3)C2OCc2c(-c3ccccc3OC(F)(F)F)noc2C2CC2)n1. The number of halogens is 3. The number of fused-ring (bicyclic) bond motifs is 4. The molecule has 7 rings (SSSR count). The number of aryl methyl sites for hydroxylation is 1. The lowest BCUT2D eigenvalue weighted by molar-refractivity contribution is -0.274. The summed E-state index contributed by atoms with van der Waals surface area (Å²) < 4.78 is 55.7. The van der Waals surface area contributed by atoms with Gasteiger partial charge < -0.3 is 24.0 Å². The Balaban J connectivity index is 1.12. The van der Waals surface area contributed by atoms with Crippen molar-refractivity contribution in [3.63, 3.8) is 0 Å². The summed E-state index contributed by atoms with van der Waals surface area (Å²) in [6.07, 6.45) is -0.176. The second-order valence-electron chi connectivity index (χ2n) is 11.2. The Bertz CT molecular complexity index is 1470. The summed E-state index contributed by atoms with van der Waals surface area (Å²) in [6.45, 7) is 1.94. The van der Waals surface area contributed by atoms with Crippen molar-refractivity contribution in [2.45, 2.75) is 76.1 Å². The van der Waals surface area contributed by atoms with Gasteiger partial charge in [0, 0.05) is 40.7 Å². The van der Waals surface area contributed by atoms with Crippen molar-refractivity contribution >= 4 is 11.9 Å². The topological polar surface area (TPSA) is 111 Å². The van der Waals surface area contributed by atoms with Crippen LogP contribution in [0.4, 0.5) is 19.1 Å². The van der Waals surface area contributed by atoms with Gasteiger partial charge in [0.05, 0.1) is 12.7 Å². The van der Waals surface area contributed by atoms with Crippen molar-refractivity contribution < 1.29 is 37.1 Å². The number of para-hydroxylation sites is 1. The summed E-state index contributed by atoms with van der Waals surface area (Å²) in [5.74, 6) is 0.477. The van der Waals surface area contributed by atoms with Gasteiger partial charge in [0.2, 0.25) is 5.95 Å². The van der Waals surface area contributed by atoms with Gasteiger partial charge in [-0.2, -0.15) is 0 Å². The zero-order chi connectivity index (χ0) is 27.8. The molecule has 40 heavy (non-hydrogen) atoms. The van der Waals surface area contributed by atoms with Crippen LogP contribution in [0.5, 0.6) is 5.75 Å². The van der Waals surface area contributed by atoms with E-state index in [4.69, 9.17) is 9.26 Å². The number of benzene rings is 1. The quantitative estimate of drug-likeness (QED) is 0.385. The molecule has 12 heteroatoms. The van der Waals surface area contributed by atoms with Gasteiger partial charge in [0.15, 0.2) is 5.69 Å². The molecule has 4 fully saturated rings. The van der Waals surface area contributed by atoms with Gasteiger partial charge in [-0.1, -0.05) is 17.3 Å². The Labute approximate surface area is 227 Å². The third-order valence-corrected chi connectivity index (χ3v) is 8.54. The van der Waals surface area contributed by atoms with E-state index in [0.717, 1.165) is 32.1 Å². The molecular formula is C28H27F3N4O5. The molecule has 0 radical (unpaired) electrons. The molecule has 0 spiro atoms. The first-order chi connectivity index (χ1) is 19.2. The maximum Gasteiger partial charge on any atom is 0.573 e. The van der Waals surface area contributed by atoms with Gasteiger partial charge in [-0.15, -0.1) is 13.2 Å². The predicted molar refractivity (Wildman–Crippen MR) is 134 cm³/mol. The molecule has 5 atom stereocenters. The largest absolute Gasteiger partial charge is 0.573 e. The summed E-state index contributed by atoms with van der Waals surface area (Å²) in [7, 11) is 0. The highest BCUT2D eigenvalue weighted by molar-refractivity contribution is 5.85. The molecule has 9 nitrogen and oxygen atoms in total. The Morgan fingerprint density at radius 2 is 1.98 bits per heavy atom. The van der Waals surface area contributed by atoms with Crippen LogP contribution < -0.4 is 9.64 Å². The highest BCUT2D eigenvalue weighted by Crippen LogP contribution is 2.58. The summed E-state index contributed by atoms with van der Waals surface area (Å²) in [5.41, 5.74) is 1.77. The van der Waals surface area contributed by atoms with Crippen molar-refractivity contribution in [1.29, 1.82) is 0 Å². The monoisotopic (exact) mass is 556 g/mol. The number of anilines is 1. The summed E-state index contributed by atoms with van der Waals surface area (Å²) in [6, 6.07) is 7.75. The van der Waals surface area contributed by atoms with E-state index >= 15 is 0 Å². The fourth-order valence-corrected chi connectivity index (χ4v) is 6.72. The normalized spacial score (nSPS) is 27.0. The number of aromatic nitrogens is 3. The molecule has 4 aliphatic rings. The minimum atomic E-state index is -4.84. The van der Waals surface area contributed by atoms with Crippen LogP contribution in [0.3, 0.4) is 0 Å². The van der Waals surface area contributed by atoms with E-state index in [2.05, 4.69) is 24.8 Å². The molecule has 0 amide bonds. The lowest BCUT2D eigenvalue weighted by Crippen LogP contribution is -2.42. The van der Waals surface area contributed by atoms with Crippen LogP contribution in [0.15, 0.2) is 34.9 Å². The van der Waals surface area contributed by atoms with Crippen LogP contribution in [0.1, 0.15) is 65.5 Å². The fraction of sp³-hybridized carbons (Fsp3) is 0.500. The Morgan fingerprint density at radius 1 is 1.18 bits per heavy atom. The first kappa shape index (κ1) is 25.3. The molecule has 210 valence electrons. The molecular weight excluding hydrogens is 529 g/mol. The number of hydrogen-bond donors (Lipinski definition) is 1. The first-order valence-electron chi connectivity index (χ1n) is 13.5. The minimum Gasteiger partial charge on any atom is -0.477 e. The molecule has 2 saturated heterocycles. The van der Waals surface area contributed by atoms with E-state index in [1.807, 2.05) is 0 Å². The second kappa shape index (κ2) is 9.18. The molecule has 2 aliphatic carbocycles. The Kier molecular flexibility index (Phi) is 5.81. The number of alkyl halides is 3. The zero-order valence-electron chi connectivity index (χ0n) is 21.6. The Hall–Kier alpha value is -3.67. The molecule has 4 heterocycles. The number of carboxylic acid groups (broad SMARTS) is 1. The van der Waals surface area contributed by atoms with Crippen LogP contribution in [-0.4, -0.2) is 50.8 Å². The molecule has 2 bridgehead atoms. The maximum absolute atomic E-state index is 13.1. The van der Waals surface area contributed by atoms with Gasteiger partial charge in [-0.05, 0) is 63.1 Å². The number of carbonyl (C=O) groups is 1. The van der Waals surface area contributed by atoms with Crippen molar-refractivity contribution in [1.82, 2.24) is 15.1 Å². The van der Waals surface area contributed by atoms with Gasteiger partial charge in [-0.25, -0.2) is 14.8 Å². The number of carboxylic acids is 1. The summed E-state index contributed by atoms with van der Waals surface area (Å²) in [5, 5.41) is 13.7. The highest BCUT2D eigenvalue weighted by atomic mass is 19.4. The van der Waals surface area contributed by atoms with Crippen LogP contribution in [0.25, 0.3) is 11.3 Å². The molecule has 5 unspecified atom stereocenters.